The first-order valence-corrected chi connectivity index (χ1v) is 6.35. The molecule has 0 atom stereocenters. The summed E-state index contributed by atoms with van der Waals surface area (Å²) in [7, 11) is 2.01. The van der Waals surface area contributed by atoms with Gasteiger partial charge in [-0.3, -0.25) is 4.99 Å². The molecule has 0 aromatic carbocycles. The second-order valence-electron chi connectivity index (χ2n) is 4.55. The molecule has 3 N–H and O–H groups in total. The van der Waals surface area contributed by atoms with E-state index in [2.05, 4.69) is 26.6 Å². The fourth-order valence-electron chi connectivity index (χ4n) is 2.11. The van der Waals surface area contributed by atoms with Crippen molar-refractivity contribution in [3.05, 3.63) is 11.8 Å². The number of aliphatic hydroxyl groups is 1. The van der Waals surface area contributed by atoms with Crippen molar-refractivity contribution in [3.8, 4) is 0 Å². The van der Waals surface area contributed by atoms with Crippen LogP contribution in [0.2, 0.25) is 0 Å². The first-order valence-electron chi connectivity index (χ1n) is 6.35. The van der Waals surface area contributed by atoms with E-state index in [4.69, 9.17) is 5.11 Å². The number of likely N-dealkylation sites (N-methyl/N-ethyl adjacent to an activating group) is 1. The van der Waals surface area contributed by atoms with Crippen molar-refractivity contribution in [2.24, 2.45) is 4.99 Å². The fraction of sp³-hybridized carbons (Fsp3) is 0.750. The number of rotatable bonds is 5. The van der Waals surface area contributed by atoms with Crippen LogP contribution in [0.1, 0.15) is 12.8 Å². The van der Waals surface area contributed by atoms with Crippen molar-refractivity contribution in [1.82, 2.24) is 15.5 Å². The van der Waals surface area contributed by atoms with E-state index >= 15 is 0 Å². The third-order valence-electron chi connectivity index (χ3n) is 3.29. The van der Waals surface area contributed by atoms with Crippen molar-refractivity contribution >= 4 is 5.84 Å². The zero-order valence-electron chi connectivity index (χ0n) is 10.4. The molecule has 5 heteroatoms. The molecule has 2 heterocycles. The van der Waals surface area contributed by atoms with E-state index in [1.807, 2.05) is 7.05 Å². The number of nitrogens with zero attached hydrogens (tertiary/aromatic N) is 2. The van der Waals surface area contributed by atoms with Crippen LogP contribution in [-0.4, -0.2) is 61.7 Å². The largest absolute Gasteiger partial charge is 0.396 e. The summed E-state index contributed by atoms with van der Waals surface area (Å²) in [4.78, 5) is 6.84. The SMILES string of the molecule is CNC1CN(C2=CC(NCCCO)=NCC2)C1. The van der Waals surface area contributed by atoms with Gasteiger partial charge in [-0.25, -0.2) is 0 Å². The Labute approximate surface area is 103 Å². The van der Waals surface area contributed by atoms with Gasteiger partial charge < -0.3 is 20.6 Å². The van der Waals surface area contributed by atoms with Gasteiger partial charge in [0.25, 0.3) is 0 Å². The standard InChI is InChI=1S/C12H22N4O/c1-13-10-8-16(9-10)11-3-5-15-12(7-11)14-4-2-6-17/h7,10,13,17H,2-6,8-9H2,1H3,(H,14,15). The number of likely N-dealkylation sites (tertiary alicyclic amines) is 1. The maximum Gasteiger partial charge on any atom is 0.122 e. The van der Waals surface area contributed by atoms with E-state index in [1.165, 1.54) is 5.70 Å². The molecule has 96 valence electrons. The molecule has 0 aromatic heterocycles. The minimum atomic E-state index is 0.229. The maximum atomic E-state index is 8.73. The third kappa shape index (κ3) is 3.20. The number of aliphatic imine (C=N–C) groups is 1. The van der Waals surface area contributed by atoms with Crippen LogP contribution in [0.15, 0.2) is 16.8 Å². The van der Waals surface area contributed by atoms with E-state index in [-0.39, 0.29) is 6.61 Å². The molecular formula is C12H22N4O. The van der Waals surface area contributed by atoms with Crippen molar-refractivity contribution in [3.63, 3.8) is 0 Å². The summed E-state index contributed by atoms with van der Waals surface area (Å²) < 4.78 is 0. The molecule has 2 rings (SSSR count). The van der Waals surface area contributed by atoms with E-state index < -0.39 is 0 Å². The highest BCUT2D eigenvalue weighted by molar-refractivity contribution is 5.94. The number of hydrogen-bond acceptors (Lipinski definition) is 5. The Kier molecular flexibility index (Phi) is 4.39. The van der Waals surface area contributed by atoms with Crippen LogP contribution in [-0.2, 0) is 0 Å². The lowest BCUT2D eigenvalue weighted by molar-refractivity contribution is 0.172. The summed E-state index contributed by atoms with van der Waals surface area (Å²) in [5, 5.41) is 15.3. The van der Waals surface area contributed by atoms with Crippen LogP contribution in [0.5, 0.6) is 0 Å². The monoisotopic (exact) mass is 238 g/mol. The lowest BCUT2D eigenvalue weighted by Crippen LogP contribution is -2.56. The van der Waals surface area contributed by atoms with Crippen LogP contribution in [0.3, 0.4) is 0 Å². The van der Waals surface area contributed by atoms with Crippen LogP contribution in [0.25, 0.3) is 0 Å². The minimum absolute atomic E-state index is 0.229. The second-order valence-corrected chi connectivity index (χ2v) is 4.55. The van der Waals surface area contributed by atoms with Gasteiger partial charge in [-0.1, -0.05) is 0 Å². The summed E-state index contributed by atoms with van der Waals surface area (Å²) >= 11 is 0. The maximum absolute atomic E-state index is 8.73. The van der Waals surface area contributed by atoms with Gasteiger partial charge in [0.15, 0.2) is 0 Å². The van der Waals surface area contributed by atoms with Crippen molar-refractivity contribution in [2.75, 3.05) is 39.8 Å². The summed E-state index contributed by atoms with van der Waals surface area (Å²) in [5.74, 6) is 0.965. The van der Waals surface area contributed by atoms with Gasteiger partial charge in [-0.15, -0.1) is 0 Å². The average Bonchev–Trinajstić information content (AvgIpc) is 2.29. The predicted molar refractivity (Wildman–Crippen MR) is 69.1 cm³/mol. The number of aliphatic hydroxyl groups excluding tert-OH is 1. The summed E-state index contributed by atoms with van der Waals surface area (Å²) in [6.45, 7) is 4.09. The average molecular weight is 238 g/mol. The highest BCUT2D eigenvalue weighted by atomic mass is 16.3. The molecule has 2 aliphatic heterocycles. The van der Waals surface area contributed by atoms with Crippen LogP contribution in [0.4, 0.5) is 0 Å². The number of amidine groups is 1. The molecule has 0 unspecified atom stereocenters. The quantitative estimate of drug-likeness (QED) is 0.568. The first-order chi connectivity index (χ1) is 8.33. The Morgan fingerprint density at radius 2 is 2.35 bits per heavy atom. The van der Waals surface area contributed by atoms with Crippen molar-refractivity contribution in [1.29, 1.82) is 0 Å². The van der Waals surface area contributed by atoms with E-state index in [0.29, 0.717) is 6.04 Å². The molecule has 1 saturated heterocycles. The Morgan fingerprint density at radius 1 is 1.53 bits per heavy atom. The highest BCUT2D eigenvalue weighted by Crippen LogP contribution is 2.20. The molecule has 17 heavy (non-hydrogen) atoms. The third-order valence-corrected chi connectivity index (χ3v) is 3.29. The Bertz CT molecular complexity index is 308. The minimum Gasteiger partial charge on any atom is -0.396 e. The molecule has 0 saturated carbocycles. The molecule has 0 radical (unpaired) electrons. The molecule has 2 aliphatic rings. The lowest BCUT2D eigenvalue weighted by atomic mass is 10.1. The molecule has 0 spiro atoms. The van der Waals surface area contributed by atoms with Crippen LogP contribution >= 0.6 is 0 Å². The first kappa shape index (κ1) is 12.4. The van der Waals surface area contributed by atoms with Crippen LogP contribution < -0.4 is 10.6 Å². The Balaban J connectivity index is 1.81. The van der Waals surface area contributed by atoms with E-state index in [1.54, 1.807) is 0 Å². The number of nitrogens with one attached hydrogen (secondary N) is 2. The summed E-state index contributed by atoms with van der Waals surface area (Å²) in [6.07, 6.45) is 3.96. The van der Waals surface area contributed by atoms with Gasteiger partial charge in [-0.2, -0.15) is 0 Å². The summed E-state index contributed by atoms with van der Waals surface area (Å²) in [6, 6.07) is 0.639. The van der Waals surface area contributed by atoms with Gasteiger partial charge in [0.1, 0.15) is 5.84 Å². The zero-order chi connectivity index (χ0) is 12.1. The van der Waals surface area contributed by atoms with Crippen LogP contribution in [0, 0.1) is 0 Å². The number of dihydropyridines is 1. The lowest BCUT2D eigenvalue weighted by Gasteiger charge is -2.43. The molecule has 5 nitrogen and oxygen atoms in total. The van der Waals surface area contributed by atoms with E-state index in [9.17, 15) is 0 Å². The van der Waals surface area contributed by atoms with Gasteiger partial charge in [0.05, 0.1) is 0 Å². The van der Waals surface area contributed by atoms with Crippen molar-refractivity contribution in [2.45, 2.75) is 18.9 Å². The molecule has 0 aliphatic carbocycles. The van der Waals surface area contributed by atoms with Gasteiger partial charge in [-0.05, 0) is 19.5 Å². The van der Waals surface area contributed by atoms with Gasteiger partial charge in [0, 0.05) is 50.9 Å². The molecular weight excluding hydrogens is 216 g/mol. The Morgan fingerprint density at radius 3 is 3.06 bits per heavy atom. The molecule has 0 amide bonds. The predicted octanol–water partition coefficient (Wildman–Crippen LogP) is -0.452. The smallest absolute Gasteiger partial charge is 0.122 e. The van der Waals surface area contributed by atoms with E-state index in [0.717, 1.165) is 44.9 Å². The zero-order valence-corrected chi connectivity index (χ0v) is 10.4. The van der Waals surface area contributed by atoms with Crippen molar-refractivity contribution < 1.29 is 5.11 Å². The number of hydrogen-bond donors (Lipinski definition) is 3. The topological polar surface area (TPSA) is 59.9 Å². The molecule has 0 aromatic rings. The second kappa shape index (κ2) is 6.02. The normalized spacial score (nSPS) is 20.7. The highest BCUT2D eigenvalue weighted by Gasteiger charge is 2.27. The molecule has 0 bridgehead atoms. The fourth-order valence-corrected chi connectivity index (χ4v) is 2.11. The summed E-state index contributed by atoms with van der Waals surface area (Å²) in [5.41, 5.74) is 1.39. The van der Waals surface area contributed by atoms with Gasteiger partial charge in [0.2, 0.25) is 0 Å². The Hall–Kier alpha value is -1.07. The van der Waals surface area contributed by atoms with Gasteiger partial charge >= 0.3 is 0 Å². The molecule has 1 fully saturated rings.